The Kier molecular flexibility index (Phi) is 5.70. The Morgan fingerprint density at radius 3 is 2.31 bits per heavy atom. The number of nitrogens with zero attached hydrogens (tertiary/aromatic N) is 2. The summed E-state index contributed by atoms with van der Waals surface area (Å²) in [6.45, 7) is 0. The quantitative estimate of drug-likeness (QED) is 0.497. The van der Waals surface area contributed by atoms with Gasteiger partial charge in [-0.2, -0.15) is 5.10 Å². The second-order valence-electron chi connectivity index (χ2n) is 5.23. The molecule has 0 bridgehead atoms. The summed E-state index contributed by atoms with van der Waals surface area (Å²) >= 11 is 1.50. The molecule has 0 atom stereocenters. The number of benzene rings is 2. The molecule has 3 aromatic rings. The van der Waals surface area contributed by atoms with Crippen LogP contribution in [-0.4, -0.2) is 32.5 Å². The molecular weight excluding hydrogens is 350 g/mol. The molecule has 3 rings (SSSR count). The van der Waals surface area contributed by atoms with E-state index in [1.807, 2.05) is 47.8 Å². The number of rotatable bonds is 7. The van der Waals surface area contributed by atoms with Crippen molar-refractivity contribution in [2.45, 2.75) is 0 Å². The average molecular weight is 369 g/mol. The van der Waals surface area contributed by atoms with E-state index >= 15 is 0 Å². The van der Waals surface area contributed by atoms with Crippen LogP contribution in [0.5, 0.6) is 17.2 Å². The van der Waals surface area contributed by atoms with Gasteiger partial charge >= 0.3 is 0 Å². The molecule has 0 unspecified atom stereocenters. The number of ether oxygens (including phenoxy) is 3. The van der Waals surface area contributed by atoms with Gasteiger partial charge in [-0.25, -0.2) is 4.98 Å². The number of hydrazone groups is 1. The zero-order chi connectivity index (χ0) is 18.4. The summed E-state index contributed by atoms with van der Waals surface area (Å²) in [6, 6.07) is 13.7. The van der Waals surface area contributed by atoms with Crippen molar-refractivity contribution in [1.82, 2.24) is 4.98 Å². The van der Waals surface area contributed by atoms with Crippen LogP contribution in [-0.2, 0) is 0 Å². The van der Waals surface area contributed by atoms with Gasteiger partial charge < -0.3 is 14.2 Å². The minimum absolute atomic E-state index is 0.549. The van der Waals surface area contributed by atoms with Crippen LogP contribution in [0, 0.1) is 0 Å². The highest BCUT2D eigenvalue weighted by Crippen LogP contribution is 2.37. The summed E-state index contributed by atoms with van der Waals surface area (Å²) in [5, 5.41) is 6.95. The van der Waals surface area contributed by atoms with Crippen LogP contribution in [0.1, 0.15) is 5.56 Å². The van der Waals surface area contributed by atoms with Gasteiger partial charge in [0.15, 0.2) is 11.5 Å². The molecule has 0 aliphatic carbocycles. The Hall–Kier alpha value is -3.06. The summed E-state index contributed by atoms with van der Waals surface area (Å²) in [6.07, 6.45) is 1.67. The fraction of sp³-hybridized carbons (Fsp3) is 0.158. The number of methoxy groups -OCH3 is 3. The average Bonchev–Trinajstić information content (AvgIpc) is 3.16. The van der Waals surface area contributed by atoms with Crippen molar-refractivity contribution in [3.8, 4) is 28.5 Å². The highest BCUT2D eigenvalue weighted by atomic mass is 32.1. The third-order valence-electron chi connectivity index (χ3n) is 3.63. The van der Waals surface area contributed by atoms with E-state index < -0.39 is 0 Å². The Morgan fingerprint density at radius 1 is 1.00 bits per heavy atom. The van der Waals surface area contributed by atoms with Gasteiger partial charge in [-0.15, -0.1) is 11.3 Å². The van der Waals surface area contributed by atoms with Crippen molar-refractivity contribution >= 4 is 22.7 Å². The minimum Gasteiger partial charge on any atom is -0.493 e. The molecule has 0 aliphatic heterocycles. The van der Waals surface area contributed by atoms with Crippen LogP contribution < -0.4 is 19.6 Å². The number of aromatic nitrogens is 1. The van der Waals surface area contributed by atoms with Gasteiger partial charge in [-0.05, 0) is 12.1 Å². The second-order valence-corrected chi connectivity index (χ2v) is 6.09. The van der Waals surface area contributed by atoms with Crippen molar-refractivity contribution in [2.75, 3.05) is 26.8 Å². The van der Waals surface area contributed by atoms with Crippen LogP contribution >= 0.6 is 11.3 Å². The van der Waals surface area contributed by atoms with E-state index in [0.717, 1.165) is 16.8 Å². The van der Waals surface area contributed by atoms with E-state index in [9.17, 15) is 0 Å². The number of nitrogens with one attached hydrogen (secondary N) is 1. The van der Waals surface area contributed by atoms with Crippen molar-refractivity contribution in [3.05, 3.63) is 53.4 Å². The van der Waals surface area contributed by atoms with E-state index in [0.29, 0.717) is 22.4 Å². The highest BCUT2D eigenvalue weighted by Gasteiger charge is 2.12. The first-order chi connectivity index (χ1) is 12.7. The van der Waals surface area contributed by atoms with Crippen molar-refractivity contribution < 1.29 is 14.2 Å². The van der Waals surface area contributed by atoms with E-state index in [-0.39, 0.29) is 0 Å². The molecule has 1 heterocycles. The van der Waals surface area contributed by atoms with E-state index in [2.05, 4.69) is 15.5 Å². The maximum absolute atomic E-state index is 5.34. The molecule has 0 spiro atoms. The summed E-state index contributed by atoms with van der Waals surface area (Å²) in [4.78, 5) is 4.53. The van der Waals surface area contributed by atoms with Gasteiger partial charge in [0.2, 0.25) is 10.9 Å². The molecule has 7 heteroatoms. The smallest absolute Gasteiger partial charge is 0.203 e. The lowest BCUT2D eigenvalue weighted by Gasteiger charge is -2.12. The molecule has 0 aliphatic rings. The number of hydrogen-bond donors (Lipinski definition) is 1. The molecule has 26 heavy (non-hydrogen) atoms. The molecule has 0 amide bonds. The SMILES string of the molecule is COc1cc(C=NNc2nc(-c3ccccc3)cs2)cc(OC)c1OC. The van der Waals surface area contributed by atoms with Crippen LogP contribution in [0.4, 0.5) is 5.13 Å². The Bertz CT molecular complexity index is 869. The molecule has 6 nitrogen and oxygen atoms in total. The van der Waals surface area contributed by atoms with Crippen LogP contribution in [0.25, 0.3) is 11.3 Å². The predicted molar refractivity (Wildman–Crippen MR) is 105 cm³/mol. The summed E-state index contributed by atoms with van der Waals surface area (Å²) in [7, 11) is 4.73. The fourth-order valence-electron chi connectivity index (χ4n) is 2.40. The minimum atomic E-state index is 0.549. The number of thiazole rings is 1. The van der Waals surface area contributed by atoms with Crippen LogP contribution in [0.3, 0.4) is 0 Å². The largest absolute Gasteiger partial charge is 0.493 e. The van der Waals surface area contributed by atoms with Crippen molar-refractivity contribution in [1.29, 1.82) is 0 Å². The first-order valence-corrected chi connectivity index (χ1v) is 8.73. The Labute approximate surface area is 156 Å². The third kappa shape index (κ3) is 3.94. The van der Waals surface area contributed by atoms with Gasteiger partial charge in [-0.3, -0.25) is 5.43 Å². The number of anilines is 1. The summed E-state index contributed by atoms with van der Waals surface area (Å²) in [5.74, 6) is 1.70. The van der Waals surface area contributed by atoms with Gasteiger partial charge in [0.1, 0.15) is 0 Å². The number of hydrogen-bond acceptors (Lipinski definition) is 7. The summed E-state index contributed by atoms with van der Waals surface area (Å²) < 4.78 is 16.0. The predicted octanol–water partition coefficient (Wildman–Crippen LogP) is 4.28. The highest BCUT2D eigenvalue weighted by molar-refractivity contribution is 7.14. The molecule has 0 fully saturated rings. The van der Waals surface area contributed by atoms with Gasteiger partial charge in [0.25, 0.3) is 0 Å². The normalized spacial score (nSPS) is 10.7. The van der Waals surface area contributed by atoms with Crippen molar-refractivity contribution in [2.24, 2.45) is 5.10 Å². The lowest BCUT2D eigenvalue weighted by molar-refractivity contribution is 0.324. The van der Waals surface area contributed by atoms with E-state index in [1.165, 1.54) is 11.3 Å². The Morgan fingerprint density at radius 2 is 1.69 bits per heavy atom. The molecule has 0 radical (unpaired) electrons. The maximum atomic E-state index is 5.34. The molecule has 2 aromatic carbocycles. The lowest BCUT2D eigenvalue weighted by Crippen LogP contribution is -1.97. The van der Waals surface area contributed by atoms with Crippen molar-refractivity contribution in [3.63, 3.8) is 0 Å². The van der Waals surface area contributed by atoms with Gasteiger partial charge in [0, 0.05) is 16.5 Å². The van der Waals surface area contributed by atoms with Crippen LogP contribution in [0.2, 0.25) is 0 Å². The lowest BCUT2D eigenvalue weighted by atomic mass is 10.2. The molecule has 1 N–H and O–H groups in total. The zero-order valence-corrected chi connectivity index (χ0v) is 15.5. The van der Waals surface area contributed by atoms with Crippen LogP contribution in [0.15, 0.2) is 52.9 Å². The summed E-state index contributed by atoms with van der Waals surface area (Å²) in [5.41, 5.74) is 5.75. The topological polar surface area (TPSA) is 65.0 Å². The first-order valence-electron chi connectivity index (χ1n) is 7.85. The Balaban J connectivity index is 1.74. The first kappa shape index (κ1) is 17.8. The third-order valence-corrected chi connectivity index (χ3v) is 4.38. The molecule has 0 saturated heterocycles. The molecule has 1 aromatic heterocycles. The maximum Gasteiger partial charge on any atom is 0.203 e. The molecule has 0 saturated carbocycles. The van der Waals surface area contributed by atoms with E-state index in [4.69, 9.17) is 14.2 Å². The van der Waals surface area contributed by atoms with Gasteiger partial charge in [-0.1, -0.05) is 30.3 Å². The van der Waals surface area contributed by atoms with Gasteiger partial charge in [0.05, 0.1) is 33.2 Å². The monoisotopic (exact) mass is 369 g/mol. The fourth-order valence-corrected chi connectivity index (χ4v) is 3.07. The van der Waals surface area contributed by atoms with E-state index in [1.54, 1.807) is 27.5 Å². The molecule has 134 valence electrons. The standard InChI is InChI=1S/C19H19N3O3S/c1-23-16-9-13(10-17(24-2)18(16)25-3)11-20-22-19-21-15(12-26-19)14-7-5-4-6-8-14/h4-12H,1-3H3,(H,21,22). The zero-order valence-electron chi connectivity index (χ0n) is 14.7. The molecular formula is C19H19N3O3S. The second kappa shape index (κ2) is 8.35.